The number of carbonyl (C=O) groups is 1. The van der Waals surface area contributed by atoms with Gasteiger partial charge in [-0.1, -0.05) is 18.2 Å². The molecule has 0 spiro atoms. The van der Waals surface area contributed by atoms with Crippen LogP contribution in [0.25, 0.3) is 10.9 Å². The first-order valence-electron chi connectivity index (χ1n) is 8.26. The van der Waals surface area contributed by atoms with Gasteiger partial charge in [0.25, 0.3) is 0 Å². The van der Waals surface area contributed by atoms with E-state index in [4.69, 9.17) is 4.74 Å². The van der Waals surface area contributed by atoms with Crippen molar-refractivity contribution in [3.8, 4) is 0 Å². The number of benzene rings is 1. The summed E-state index contributed by atoms with van der Waals surface area (Å²) in [6, 6.07) is 8.35. The van der Waals surface area contributed by atoms with Crippen molar-refractivity contribution in [2.24, 2.45) is 0 Å². The van der Waals surface area contributed by atoms with E-state index in [9.17, 15) is 4.79 Å². The van der Waals surface area contributed by atoms with Crippen molar-refractivity contribution in [3.05, 3.63) is 48.4 Å². The number of aromatic amines is 1. The normalized spacial score (nSPS) is 15.7. The number of ether oxygens (including phenoxy) is 1. The maximum absolute atomic E-state index is 12.3. The second-order valence-electron chi connectivity index (χ2n) is 6.14. The molecule has 0 radical (unpaired) electrons. The number of rotatable bonds is 4. The maximum atomic E-state index is 12.3. The number of nitrogens with zero attached hydrogens (tertiary/aromatic N) is 2. The first-order chi connectivity index (χ1) is 11.8. The molecule has 2 aromatic heterocycles. The Hall–Kier alpha value is -2.60. The average molecular weight is 324 g/mol. The van der Waals surface area contributed by atoms with E-state index in [2.05, 4.69) is 15.4 Å². The maximum Gasteiger partial charge on any atom is 0.228 e. The van der Waals surface area contributed by atoms with Crippen molar-refractivity contribution in [1.29, 1.82) is 0 Å². The summed E-state index contributed by atoms with van der Waals surface area (Å²) < 4.78 is 7.31. The van der Waals surface area contributed by atoms with E-state index in [1.165, 1.54) is 0 Å². The SMILES string of the molecule is O=C(Cc1c[nH]c2ccccc12)Nc1cnn(C2CCOCC2)c1. The van der Waals surface area contributed by atoms with Crippen molar-refractivity contribution in [2.75, 3.05) is 18.5 Å². The van der Waals surface area contributed by atoms with Gasteiger partial charge in [0.05, 0.1) is 24.3 Å². The molecule has 6 nitrogen and oxygen atoms in total. The van der Waals surface area contributed by atoms with E-state index < -0.39 is 0 Å². The Balaban J connectivity index is 1.42. The van der Waals surface area contributed by atoms with Crippen molar-refractivity contribution in [1.82, 2.24) is 14.8 Å². The molecule has 6 heteroatoms. The molecule has 1 aliphatic heterocycles. The lowest BCUT2D eigenvalue weighted by Gasteiger charge is -2.22. The Bertz CT molecular complexity index is 845. The van der Waals surface area contributed by atoms with E-state index in [1.807, 2.05) is 41.3 Å². The number of H-pyrrole nitrogens is 1. The third kappa shape index (κ3) is 3.05. The van der Waals surface area contributed by atoms with Gasteiger partial charge in [-0.3, -0.25) is 9.48 Å². The van der Waals surface area contributed by atoms with Gasteiger partial charge in [0.2, 0.25) is 5.91 Å². The zero-order chi connectivity index (χ0) is 16.4. The highest BCUT2D eigenvalue weighted by molar-refractivity contribution is 5.95. The van der Waals surface area contributed by atoms with Gasteiger partial charge < -0.3 is 15.0 Å². The molecular formula is C18H20N4O2. The van der Waals surface area contributed by atoms with Crippen molar-refractivity contribution in [3.63, 3.8) is 0 Å². The van der Waals surface area contributed by atoms with Crippen LogP contribution in [0.15, 0.2) is 42.9 Å². The van der Waals surface area contributed by atoms with Crippen LogP contribution in [-0.4, -0.2) is 33.9 Å². The number of nitrogens with one attached hydrogen (secondary N) is 2. The summed E-state index contributed by atoms with van der Waals surface area (Å²) in [5.74, 6) is -0.0359. The zero-order valence-electron chi connectivity index (χ0n) is 13.4. The largest absolute Gasteiger partial charge is 0.381 e. The smallest absolute Gasteiger partial charge is 0.228 e. The van der Waals surface area contributed by atoms with E-state index in [-0.39, 0.29) is 5.91 Å². The first kappa shape index (κ1) is 15.0. The summed E-state index contributed by atoms with van der Waals surface area (Å²) in [7, 11) is 0. The molecule has 0 bridgehead atoms. The van der Waals surface area contributed by atoms with Crippen LogP contribution < -0.4 is 5.32 Å². The molecule has 1 saturated heterocycles. The Morgan fingerprint density at radius 3 is 3.04 bits per heavy atom. The molecule has 0 atom stereocenters. The molecule has 124 valence electrons. The number of fused-ring (bicyclic) bond motifs is 1. The summed E-state index contributed by atoms with van der Waals surface area (Å²) in [5, 5.41) is 8.41. The van der Waals surface area contributed by atoms with Crippen LogP contribution in [0.3, 0.4) is 0 Å². The molecule has 0 saturated carbocycles. The molecule has 4 rings (SSSR count). The van der Waals surface area contributed by atoms with Gasteiger partial charge in [-0.25, -0.2) is 0 Å². The van der Waals surface area contributed by atoms with Crippen molar-refractivity contribution < 1.29 is 9.53 Å². The minimum atomic E-state index is -0.0359. The highest BCUT2D eigenvalue weighted by Crippen LogP contribution is 2.22. The van der Waals surface area contributed by atoms with Crippen LogP contribution in [0.2, 0.25) is 0 Å². The van der Waals surface area contributed by atoms with Crippen LogP contribution in [-0.2, 0) is 16.0 Å². The van der Waals surface area contributed by atoms with Gasteiger partial charge in [-0.15, -0.1) is 0 Å². The molecule has 1 aromatic carbocycles. The fraction of sp³-hybridized carbons (Fsp3) is 0.333. The number of aromatic nitrogens is 3. The van der Waals surface area contributed by atoms with Crippen LogP contribution in [0.5, 0.6) is 0 Å². The minimum absolute atomic E-state index is 0.0359. The molecule has 2 N–H and O–H groups in total. The van der Waals surface area contributed by atoms with E-state index in [0.29, 0.717) is 12.5 Å². The fourth-order valence-electron chi connectivity index (χ4n) is 3.21. The quantitative estimate of drug-likeness (QED) is 0.775. The molecular weight excluding hydrogens is 304 g/mol. The lowest BCUT2D eigenvalue weighted by molar-refractivity contribution is -0.115. The van der Waals surface area contributed by atoms with Gasteiger partial charge in [0.15, 0.2) is 0 Å². The average Bonchev–Trinajstić information content (AvgIpc) is 3.23. The monoisotopic (exact) mass is 324 g/mol. The van der Waals surface area contributed by atoms with Gasteiger partial charge in [-0.05, 0) is 24.5 Å². The zero-order valence-corrected chi connectivity index (χ0v) is 13.4. The standard InChI is InChI=1S/C18H20N4O2/c23-18(9-13-10-19-17-4-2-1-3-16(13)17)21-14-11-20-22(12-14)15-5-7-24-8-6-15/h1-4,10-12,15,19H,5-9H2,(H,21,23). The summed E-state index contributed by atoms with van der Waals surface area (Å²) in [6.07, 6.45) is 7.78. The van der Waals surface area contributed by atoms with Crippen LogP contribution >= 0.6 is 0 Å². The predicted molar refractivity (Wildman–Crippen MR) is 91.9 cm³/mol. The number of para-hydroxylation sites is 1. The summed E-state index contributed by atoms with van der Waals surface area (Å²) >= 11 is 0. The Labute approximate surface area is 139 Å². The van der Waals surface area contributed by atoms with Gasteiger partial charge >= 0.3 is 0 Å². The first-order valence-corrected chi connectivity index (χ1v) is 8.26. The lowest BCUT2D eigenvalue weighted by Crippen LogP contribution is -2.20. The molecule has 0 unspecified atom stereocenters. The van der Waals surface area contributed by atoms with Crippen molar-refractivity contribution in [2.45, 2.75) is 25.3 Å². The fourth-order valence-corrected chi connectivity index (χ4v) is 3.21. The Morgan fingerprint density at radius 2 is 2.17 bits per heavy atom. The Morgan fingerprint density at radius 1 is 1.33 bits per heavy atom. The van der Waals surface area contributed by atoms with E-state index in [0.717, 1.165) is 48.2 Å². The molecule has 1 amide bonds. The number of hydrogen-bond donors (Lipinski definition) is 2. The van der Waals surface area contributed by atoms with Crippen LogP contribution in [0, 0.1) is 0 Å². The number of hydrogen-bond acceptors (Lipinski definition) is 3. The van der Waals surface area contributed by atoms with E-state index >= 15 is 0 Å². The second kappa shape index (κ2) is 6.49. The number of carbonyl (C=O) groups excluding carboxylic acids is 1. The summed E-state index contributed by atoms with van der Waals surface area (Å²) in [6.45, 7) is 1.54. The molecule has 24 heavy (non-hydrogen) atoms. The van der Waals surface area contributed by atoms with Crippen molar-refractivity contribution >= 4 is 22.5 Å². The molecule has 1 fully saturated rings. The Kier molecular flexibility index (Phi) is 4.04. The predicted octanol–water partition coefficient (Wildman–Crippen LogP) is 2.90. The van der Waals surface area contributed by atoms with Gasteiger partial charge in [0, 0.05) is 36.5 Å². The number of amides is 1. The van der Waals surface area contributed by atoms with Gasteiger partial charge in [0.1, 0.15) is 0 Å². The van der Waals surface area contributed by atoms with E-state index in [1.54, 1.807) is 6.20 Å². The minimum Gasteiger partial charge on any atom is -0.381 e. The number of anilines is 1. The second-order valence-corrected chi connectivity index (χ2v) is 6.14. The van der Waals surface area contributed by atoms with Crippen LogP contribution in [0.1, 0.15) is 24.4 Å². The molecule has 0 aliphatic carbocycles. The topological polar surface area (TPSA) is 71.9 Å². The molecule has 3 heterocycles. The third-order valence-corrected chi connectivity index (χ3v) is 4.48. The molecule has 1 aliphatic rings. The highest BCUT2D eigenvalue weighted by atomic mass is 16.5. The summed E-state index contributed by atoms with van der Waals surface area (Å²) in [5.41, 5.74) is 2.79. The molecule has 3 aromatic rings. The highest BCUT2D eigenvalue weighted by Gasteiger charge is 2.17. The van der Waals surface area contributed by atoms with Gasteiger partial charge in [-0.2, -0.15) is 5.10 Å². The third-order valence-electron chi connectivity index (χ3n) is 4.48. The van der Waals surface area contributed by atoms with Crippen LogP contribution in [0.4, 0.5) is 5.69 Å². The summed E-state index contributed by atoms with van der Waals surface area (Å²) in [4.78, 5) is 15.5. The lowest BCUT2D eigenvalue weighted by atomic mass is 10.1.